The Kier molecular flexibility index (Phi) is 4.00. The van der Waals surface area contributed by atoms with Crippen molar-refractivity contribution in [1.29, 1.82) is 0 Å². The van der Waals surface area contributed by atoms with Gasteiger partial charge in [0.2, 0.25) is 5.89 Å². The van der Waals surface area contributed by atoms with Crippen LogP contribution in [-0.2, 0) is 6.42 Å². The van der Waals surface area contributed by atoms with Crippen LogP contribution >= 0.6 is 0 Å². The summed E-state index contributed by atoms with van der Waals surface area (Å²) >= 11 is 0. The third kappa shape index (κ3) is 3.18. The van der Waals surface area contributed by atoms with Crippen LogP contribution in [0.5, 0.6) is 5.75 Å². The van der Waals surface area contributed by atoms with Crippen molar-refractivity contribution >= 4 is 0 Å². The number of hydrogen-bond donors (Lipinski definition) is 1. The monoisotopic (exact) mass is 272 g/mol. The van der Waals surface area contributed by atoms with E-state index in [0.717, 1.165) is 11.4 Å². The minimum atomic E-state index is 0.269. The quantitative estimate of drug-likeness (QED) is 0.863. The summed E-state index contributed by atoms with van der Waals surface area (Å²) in [6, 6.07) is 7.17. The summed E-state index contributed by atoms with van der Waals surface area (Å²) in [4.78, 5) is 4.54. The third-order valence-electron chi connectivity index (χ3n) is 3.97. The SMILES string of the molecule is Oc1cccc(Cc2nc(C3CCCCCC3)no2)c1. The van der Waals surface area contributed by atoms with Crippen molar-refractivity contribution in [3.05, 3.63) is 41.5 Å². The number of aromatic nitrogens is 2. The van der Waals surface area contributed by atoms with Crippen LogP contribution < -0.4 is 0 Å². The molecule has 1 aliphatic carbocycles. The average molecular weight is 272 g/mol. The first-order valence-electron chi connectivity index (χ1n) is 7.41. The predicted molar refractivity (Wildman–Crippen MR) is 75.7 cm³/mol. The lowest BCUT2D eigenvalue weighted by atomic mass is 10.00. The molecule has 106 valence electrons. The van der Waals surface area contributed by atoms with E-state index < -0.39 is 0 Å². The zero-order valence-corrected chi connectivity index (χ0v) is 11.6. The summed E-state index contributed by atoms with van der Waals surface area (Å²) in [5, 5.41) is 13.6. The molecule has 1 aliphatic rings. The zero-order chi connectivity index (χ0) is 13.8. The van der Waals surface area contributed by atoms with Crippen molar-refractivity contribution in [2.24, 2.45) is 0 Å². The highest BCUT2D eigenvalue weighted by molar-refractivity contribution is 5.28. The van der Waals surface area contributed by atoms with Gasteiger partial charge in [0.1, 0.15) is 5.75 Å². The van der Waals surface area contributed by atoms with Crippen molar-refractivity contribution in [1.82, 2.24) is 10.1 Å². The molecule has 4 nitrogen and oxygen atoms in total. The molecule has 1 N–H and O–H groups in total. The van der Waals surface area contributed by atoms with E-state index in [4.69, 9.17) is 4.52 Å². The first kappa shape index (κ1) is 13.2. The smallest absolute Gasteiger partial charge is 0.231 e. The van der Waals surface area contributed by atoms with E-state index in [1.165, 1.54) is 38.5 Å². The Balaban J connectivity index is 1.70. The molecule has 0 amide bonds. The van der Waals surface area contributed by atoms with Crippen LogP contribution in [0.1, 0.15) is 61.7 Å². The highest BCUT2D eigenvalue weighted by Crippen LogP contribution is 2.30. The van der Waals surface area contributed by atoms with E-state index >= 15 is 0 Å². The molecule has 0 atom stereocenters. The molecule has 0 saturated heterocycles. The number of phenolic OH excluding ortho intramolecular Hbond substituents is 1. The second kappa shape index (κ2) is 6.07. The molecule has 0 bridgehead atoms. The Hall–Kier alpha value is -1.84. The third-order valence-corrected chi connectivity index (χ3v) is 3.97. The maximum Gasteiger partial charge on any atom is 0.231 e. The number of nitrogens with zero attached hydrogens (tertiary/aromatic N) is 2. The number of rotatable bonds is 3. The average Bonchev–Trinajstić information content (AvgIpc) is 2.73. The second-order valence-corrected chi connectivity index (χ2v) is 5.58. The van der Waals surface area contributed by atoms with Crippen LogP contribution in [0.25, 0.3) is 0 Å². The van der Waals surface area contributed by atoms with Crippen LogP contribution in [-0.4, -0.2) is 15.2 Å². The minimum absolute atomic E-state index is 0.269. The van der Waals surface area contributed by atoms with Crippen LogP contribution in [0.2, 0.25) is 0 Å². The Bertz CT molecular complexity index is 557. The molecule has 1 heterocycles. The molecule has 0 spiro atoms. The lowest BCUT2D eigenvalue weighted by molar-refractivity contribution is 0.372. The standard InChI is InChI=1S/C16H20N2O2/c19-14-9-5-6-12(10-14)11-15-17-16(18-20-15)13-7-3-1-2-4-8-13/h5-6,9-10,13,19H,1-4,7-8,11H2. The highest BCUT2D eigenvalue weighted by Gasteiger charge is 2.20. The number of benzene rings is 1. The van der Waals surface area contributed by atoms with Gasteiger partial charge in [0.05, 0.1) is 6.42 Å². The summed E-state index contributed by atoms with van der Waals surface area (Å²) in [5.74, 6) is 2.22. The van der Waals surface area contributed by atoms with Crippen molar-refractivity contribution < 1.29 is 9.63 Å². The van der Waals surface area contributed by atoms with E-state index in [0.29, 0.717) is 18.2 Å². The fourth-order valence-electron chi connectivity index (χ4n) is 2.88. The molecule has 1 aromatic heterocycles. The van der Waals surface area contributed by atoms with E-state index in [-0.39, 0.29) is 5.75 Å². The topological polar surface area (TPSA) is 59.2 Å². The minimum Gasteiger partial charge on any atom is -0.508 e. The van der Waals surface area contributed by atoms with Gasteiger partial charge in [0.25, 0.3) is 0 Å². The van der Waals surface area contributed by atoms with Gasteiger partial charge in [-0.1, -0.05) is 43.0 Å². The van der Waals surface area contributed by atoms with E-state index in [1.54, 1.807) is 12.1 Å². The van der Waals surface area contributed by atoms with Gasteiger partial charge < -0.3 is 9.63 Å². The number of aromatic hydroxyl groups is 1. The summed E-state index contributed by atoms with van der Waals surface area (Å²) in [7, 11) is 0. The van der Waals surface area contributed by atoms with Gasteiger partial charge in [-0.15, -0.1) is 0 Å². The van der Waals surface area contributed by atoms with Crippen molar-refractivity contribution in [2.45, 2.75) is 50.9 Å². The Morgan fingerprint density at radius 1 is 1.15 bits per heavy atom. The van der Waals surface area contributed by atoms with Crippen molar-refractivity contribution in [2.75, 3.05) is 0 Å². The molecule has 20 heavy (non-hydrogen) atoms. The Labute approximate surface area is 118 Å². The van der Waals surface area contributed by atoms with Gasteiger partial charge in [0, 0.05) is 5.92 Å². The first-order chi connectivity index (χ1) is 9.81. The van der Waals surface area contributed by atoms with Gasteiger partial charge in [-0.25, -0.2) is 0 Å². The van der Waals surface area contributed by atoms with Crippen molar-refractivity contribution in [3.63, 3.8) is 0 Å². The Morgan fingerprint density at radius 2 is 1.95 bits per heavy atom. The summed E-state index contributed by atoms with van der Waals surface area (Å²) in [6.07, 6.45) is 8.10. The largest absolute Gasteiger partial charge is 0.508 e. The van der Waals surface area contributed by atoms with Gasteiger partial charge in [-0.3, -0.25) is 0 Å². The number of hydrogen-bond acceptors (Lipinski definition) is 4. The summed E-state index contributed by atoms with van der Waals surface area (Å²) in [6.45, 7) is 0. The molecule has 0 unspecified atom stereocenters. The van der Waals surface area contributed by atoms with Crippen LogP contribution in [0, 0.1) is 0 Å². The molecule has 0 radical (unpaired) electrons. The Morgan fingerprint density at radius 3 is 2.70 bits per heavy atom. The van der Waals surface area contributed by atoms with E-state index in [2.05, 4.69) is 10.1 Å². The van der Waals surface area contributed by atoms with Gasteiger partial charge in [-0.05, 0) is 30.5 Å². The lowest BCUT2D eigenvalue weighted by Gasteiger charge is -2.07. The fourth-order valence-corrected chi connectivity index (χ4v) is 2.88. The summed E-state index contributed by atoms with van der Waals surface area (Å²) in [5.41, 5.74) is 0.987. The molecule has 1 saturated carbocycles. The van der Waals surface area contributed by atoms with E-state index in [1.807, 2.05) is 12.1 Å². The van der Waals surface area contributed by atoms with Crippen molar-refractivity contribution in [3.8, 4) is 5.75 Å². The fraction of sp³-hybridized carbons (Fsp3) is 0.500. The second-order valence-electron chi connectivity index (χ2n) is 5.58. The molecule has 4 heteroatoms. The molecule has 1 fully saturated rings. The van der Waals surface area contributed by atoms with Gasteiger partial charge in [-0.2, -0.15) is 4.98 Å². The highest BCUT2D eigenvalue weighted by atomic mass is 16.5. The lowest BCUT2D eigenvalue weighted by Crippen LogP contribution is -2.00. The molecule has 1 aromatic carbocycles. The predicted octanol–water partition coefficient (Wildman–Crippen LogP) is 3.80. The molecule has 2 aromatic rings. The molecular formula is C16H20N2O2. The normalized spacial score (nSPS) is 17.0. The van der Waals surface area contributed by atoms with Gasteiger partial charge >= 0.3 is 0 Å². The maximum absolute atomic E-state index is 9.46. The maximum atomic E-state index is 9.46. The van der Waals surface area contributed by atoms with Gasteiger partial charge in [0.15, 0.2) is 5.82 Å². The molecule has 3 rings (SSSR count). The van der Waals surface area contributed by atoms with Crippen LogP contribution in [0.15, 0.2) is 28.8 Å². The number of phenols is 1. The molecular weight excluding hydrogens is 252 g/mol. The van der Waals surface area contributed by atoms with Crippen LogP contribution in [0.3, 0.4) is 0 Å². The summed E-state index contributed by atoms with van der Waals surface area (Å²) < 4.78 is 5.36. The first-order valence-corrected chi connectivity index (χ1v) is 7.41. The van der Waals surface area contributed by atoms with E-state index in [9.17, 15) is 5.11 Å². The zero-order valence-electron chi connectivity index (χ0n) is 11.6. The molecule has 0 aliphatic heterocycles. The van der Waals surface area contributed by atoms with Crippen LogP contribution in [0.4, 0.5) is 0 Å².